The first kappa shape index (κ1) is 20.2. The van der Waals surface area contributed by atoms with Crippen molar-refractivity contribution in [2.24, 2.45) is 0 Å². The predicted molar refractivity (Wildman–Crippen MR) is 106 cm³/mol. The van der Waals surface area contributed by atoms with Crippen molar-refractivity contribution < 1.29 is 23.5 Å². The number of aryl methyl sites for hydroxylation is 1. The summed E-state index contributed by atoms with van der Waals surface area (Å²) in [6.45, 7) is 1.93. The average molecular weight is 395 g/mol. The zero-order chi connectivity index (χ0) is 21.0. The van der Waals surface area contributed by atoms with Crippen LogP contribution in [0.3, 0.4) is 0 Å². The second-order valence-corrected chi connectivity index (χ2v) is 6.50. The van der Waals surface area contributed by atoms with Crippen molar-refractivity contribution in [2.45, 2.75) is 19.9 Å². The van der Waals surface area contributed by atoms with Gasteiger partial charge in [0.1, 0.15) is 11.6 Å². The maximum atomic E-state index is 14.3. The minimum Gasteiger partial charge on any atom is -0.478 e. The Labute approximate surface area is 167 Å². The molecule has 0 aliphatic carbocycles. The van der Waals surface area contributed by atoms with Gasteiger partial charge in [0.25, 0.3) is 5.91 Å². The van der Waals surface area contributed by atoms with Gasteiger partial charge >= 0.3 is 5.97 Å². The number of hydrogen-bond acceptors (Lipinski definition) is 2. The van der Waals surface area contributed by atoms with E-state index in [-0.39, 0.29) is 17.7 Å². The molecule has 0 fully saturated rings. The smallest absolute Gasteiger partial charge is 0.335 e. The number of amides is 1. The van der Waals surface area contributed by atoms with Crippen LogP contribution in [0.15, 0.2) is 66.7 Å². The van der Waals surface area contributed by atoms with Gasteiger partial charge in [0.05, 0.1) is 17.7 Å². The van der Waals surface area contributed by atoms with Gasteiger partial charge in [-0.2, -0.15) is 0 Å². The Morgan fingerprint density at radius 1 is 0.966 bits per heavy atom. The summed E-state index contributed by atoms with van der Waals surface area (Å²) in [4.78, 5) is 25.8. The van der Waals surface area contributed by atoms with Crippen molar-refractivity contribution in [1.82, 2.24) is 0 Å². The minimum absolute atomic E-state index is 0.00687. The molecule has 1 N–H and O–H groups in total. The third-order valence-electron chi connectivity index (χ3n) is 4.58. The Morgan fingerprint density at radius 3 is 2.45 bits per heavy atom. The third-order valence-corrected chi connectivity index (χ3v) is 4.58. The topological polar surface area (TPSA) is 57.6 Å². The molecule has 1 amide bonds. The fraction of sp³-hybridized carbons (Fsp3) is 0.130. The summed E-state index contributed by atoms with van der Waals surface area (Å²) in [5.74, 6) is -3.33. The fourth-order valence-corrected chi connectivity index (χ4v) is 3.13. The predicted octanol–water partition coefficient (Wildman–Crippen LogP) is 5.07. The summed E-state index contributed by atoms with van der Waals surface area (Å²) in [6, 6.07) is 16.1. The number of carbonyl (C=O) groups excluding carboxylic acids is 1. The minimum atomic E-state index is -1.09. The number of carboxylic acids is 1. The van der Waals surface area contributed by atoms with Crippen LogP contribution in [0.2, 0.25) is 0 Å². The molecule has 0 bridgehead atoms. The standard InChI is InChI=1S/C23H19F2NO3/c1-2-16-7-3-4-9-21(16)26(14-15-6-5-8-17(12-15)23(28)29)22(27)19-13-18(24)10-11-20(19)25/h3-13H,2,14H2,1H3,(H,28,29). The van der Waals surface area contributed by atoms with Crippen molar-refractivity contribution in [1.29, 1.82) is 0 Å². The first-order valence-corrected chi connectivity index (χ1v) is 9.07. The molecule has 0 saturated heterocycles. The largest absolute Gasteiger partial charge is 0.478 e. The van der Waals surface area contributed by atoms with E-state index in [0.717, 1.165) is 23.8 Å². The van der Waals surface area contributed by atoms with E-state index in [0.29, 0.717) is 17.7 Å². The van der Waals surface area contributed by atoms with Crippen molar-refractivity contribution in [3.63, 3.8) is 0 Å². The first-order valence-electron chi connectivity index (χ1n) is 9.07. The molecule has 3 aromatic rings. The van der Waals surface area contributed by atoms with Crippen LogP contribution in [0, 0.1) is 11.6 Å². The molecule has 29 heavy (non-hydrogen) atoms. The van der Waals surface area contributed by atoms with Gasteiger partial charge in [-0.25, -0.2) is 13.6 Å². The van der Waals surface area contributed by atoms with E-state index >= 15 is 0 Å². The summed E-state index contributed by atoms with van der Waals surface area (Å²) < 4.78 is 28.0. The highest BCUT2D eigenvalue weighted by Crippen LogP contribution is 2.26. The summed E-state index contributed by atoms with van der Waals surface area (Å²) in [6.07, 6.45) is 0.626. The SMILES string of the molecule is CCc1ccccc1N(Cc1cccc(C(=O)O)c1)C(=O)c1cc(F)ccc1F. The van der Waals surface area contributed by atoms with E-state index in [1.54, 1.807) is 24.3 Å². The number of nitrogens with zero attached hydrogens (tertiary/aromatic N) is 1. The number of carboxylic acid groups (broad SMARTS) is 1. The summed E-state index contributed by atoms with van der Waals surface area (Å²) >= 11 is 0. The normalized spacial score (nSPS) is 10.6. The number of halogens is 2. The van der Waals surface area contributed by atoms with Crippen LogP contribution in [-0.2, 0) is 13.0 Å². The molecular formula is C23H19F2NO3. The van der Waals surface area contributed by atoms with Gasteiger partial charge in [0.2, 0.25) is 0 Å². The maximum absolute atomic E-state index is 14.3. The lowest BCUT2D eigenvalue weighted by Gasteiger charge is -2.26. The van der Waals surface area contributed by atoms with Gasteiger partial charge in [-0.1, -0.05) is 37.3 Å². The van der Waals surface area contributed by atoms with Crippen LogP contribution < -0.4 is 4.90 Å². The van der Waals surface area contributed by atoms with Crippen LogP contribution in [0.1, 0.15) is 38.8 Å². The molecule has 6 heteroatoms. The summed E-state index contributed by atoms with van der Waals surface area (Å²) in [5.41, 5.74) is 1.67. The summed E-state index contributed by atoms with van der Waals surface area (Å²) in [7, 11) is 0. The van der Waals surface area contributed by atoms with Crippen molar-refractivity contribution in [3.8, 4) is 0 Å². The zero-order valence-electron chi connectivity index (χ0n) is 15.7. The second-order valence-electron chi connectivity index (χ2n) is 6.50. The van der Waals surface area contributed by atoms with Crippen LogP contribution in [0.5, 0.6) is 0 Å². The first-order chi connectivity index (χ1) is 13.9. The monoisotopic (exact) mass is 395 g/mol. The van der Waals surface area contributed by atoms with Gasteiger partial charge < -0.3 is 10.0 Å². The van der Waals surface area contributed by atoms with E-state index in [1.807, 2.05) is 19.1 Å². The molecule has 0 aromatic heterocycles. The quantitative estimate of drug-likeness (QED) is 0.634. The van der Waals surface area contributed by atoms with Gasteiger partial charge in [0, 0.05) is 5.69 Å². The highest BCUT2D eigenvalue weighted by Gasteiger charge is 2.23. The van der Waals surface area contributed by atoms with Gasteiger partial charge in [-0.15, -0.1) is 0 Å². The van der Waals surface area contributed by atoms with Crippen LogP contribution in [-0.4, -0.2) is 17.0 Å². The van der Waals surface area contributed by atoms with Crippen LogP contribution >= 0.6 is 0 Å². The van der Waals surface area contributed by atoms with Crippen LogP contribution in [0.4, 0.5) is 14.5 Å². The van der Waals surface area contributed by atoms with Gasteiger partial charge in [-0.3, -0.25) is 4.79 Å². The molecular weight excluding hydrogens is 376 g/mol. The zero-order valence-corrected chi connectivity index (χ0v) is 15.7. The van der Waals surface area contributed by atoms with E-state index in [4.69, 9.17) is 0 Å². The molecule has 148 valence electrons. The number of rotatable bonds is 6. The molecule has 0 heterocycles. The molecule has 0 spiro atoms. The Balaban J connectivity index is 2.09. The fourth-order valence-electron chi connectivity index (χ4n) is 3.13. The molecule has 0 radical (unpaired) electrons. The molecule has 3 aromatic carbocycles. The number of aromatic carboxylic acids is 1. The Kier molecular flexibility index (Phi) is 6.02. The van der Waals surface area contributed by atoms with Crippen molar-refractivity contribution >= 4 is 17.6 Å². The molecule has 4 nitrogen and oxygen atoms in total. The second kappa shape index (κ2) is 8.65. The molecule has 0 aliphatic rings. The number of benzene rings is 3. The third kappa shape index (κ3) is 4.48. The molecule has 0 saturated carbocycles. The Hall–Kier alpha value is -3.54. The number of para-hydroxylation sites is 1. The molecule has 0 unspecified atom stereocenters. The van der Waals surface area contributed by atoms with E-state index in [9.17, 15) is 23.5 Å². The molecule has 0 atom stereocenters. The Morgan fingerprint density at radius 2 is 1.72 bits per heavy atom. The summed E-state index contributed by atoms with van der Waals surface area (Å²) in [5, 5.41) is 9.22. The van der Waals surface area contributed by atoms with E-state index in [2.05, 4.69) is 0 Å². The van der Waals surface area contributed by atoms with E-state index in [1.165, 1.54) is 17.0 Å². The average Bonchev–Trinajstić information content (AvgIpc) is 2.73. The lowest BCUT2D eigenvalue weighted by Crippen LogP contribution is -2.32. The highest BCUT2D eigenvalue weighted by molar-refractivity contribution is 6.06. The molecule has 3 rings (SSSR count). The lowest BCUT2D eigenvalue weighted by atomic mass is 10.1. The maximum Gasteiger partial charge on any atom is 0.335 e. The van der Waals surface area contributed by atoms with Crippen LogP contribution in [0.25, 0.3) is 0 Å². The van der Waals surface area contributed by atoms with Gasteiger partial charge in [-0.05, 0) is 53.9 Å². The highest BCUT2D eigenvalue weighted by atomic mass is 19.1. The van der Waals surface area contributed by atoms with Crippen molar-refractivity contribution in [3.05, 3.63) is 101 Å². The van der Waals surface area contributed by atoms with Crippen molar-refractivity contribution in [2.75, 3.05) is 4.90 Å². The van der Waals surface area contributed by atoms with E-state index < -0.39 is 23.5 Å². The number of hydrogen-bond donors (Lipinski definition) is 1. The number of carbonyl (C=O) groups is 2. The molecule has 0 aliphatic heterocycles. The lowest BCUT2D eigenvalue weighted by molar-refractivity contribution is 0.0696. The Bertz CT molecular complexity index is 1070. The number of anilines is 1. The van der Waals surface area contributed by atoms with Gasteiger partial charge in [0.15, 0.2) is 0 Å².